The molecule has 1 saturated carbocycles. The van der Waals surface area contributed by atoms with Crippen LogP contribution in [0.2, 0.25) is 0 Å². The Morgan fingerprint density at radius 3 is 2.67 bits per heavy atom. The van der Waals surface area contributed by atoms with Gasteiger partial charge in [0, 0.05) is 23.6 Å². The Morgan fingerprint density at radius 2 is 2.17 bits per heavy atom. The van der Waals surface area contributed by atoms with Crippen molar-refractivity contribution >= 4 is 21.6 Å². The Morgan fingerprint density at radius 1 is 1.44 bits per heavy atom. The fourth-order valence-corrected chi connectivity index (χ4v) is 2.87. The molecule has 0 heterocycles. The van der Waals surface area contributed by atoms with Crippen molar-refractivity contribution in [2.75, 3.05) is 25.0 Å². The Hall–Kier alpha value is -0.540. The number of nitrogens with one attached hydrogen (secondary N) is 1. The Kier molecular flexibility index (Phi) is 4.68. The Balaban J connectivity index is 2.16. The lowest BCUT2D eigenvalue weighted by atomic mass is 10.1. The van der Waals surface area contributed by atoms with Gasteiger partial charge in [0.1, 0.15) is 0 Å². The fourth-order valence-electron chi connectivity index (χ4n) is 2.23. The van der Waals surface area contributed by atoms with Crippen molar-refractivity contribution in [3.05, 3.63) is 28.2 Å². The molecule has 0 aliphatic heterocycles. The van der Waals surface area contributed by atoms with E-state index in [4.69, 9.17) is 0 Å². The summed E-state index contributed by atoms with van der Waals surface area (Å²) in [6.07, 6.45) is 2.81. The van der Waals surface area contributed by atoms with E-state index in [0.29, 0.717) is 6.04 Å². The van der Waals surface area contributed by atoms with Crippen molar-refractivity contribution in [2.24, 2.45) is 5.92 Å². The maximum Gasteiger partial charge on any atom is 0.0510 e. The molecule has 0 saturated heterocycles. The van der Waals surface area contributed by atoms with E-state index in [2.05, 4.69) is 58.2 Å². The van der Waals surface area contributed by atoms with Gasteiger partial charge in [0.25, 0.3) is 0 Å². The first-order valence-electron chi connectivity index (χ1n) is 6.87. The highest BCUT2D eigenvalue weighted by atomic mass is 79.9. The summed E-state index contributed by atoms with van der Waals surface area (Å²) in [5.74, 6) is 0.924. The third-order valence-corrected chi connectivity index (χ3v) is 4.44. The molecule has 1 N–H and O–H groups in total. The van der Waals surface area contributed by atoms with Gasteiger partial charge in [0.15, 0.2) is 0 Å². The summed E-state index contributed by atoms with van der Waals surface area (Å²) in [6.45, 7) is 6.70. The van der Waals surface area contributed by atoms with Gasteiger partial charge in [-0.2, -0.15) is 0 Å². The topological polar surface area (TPSA) is 15.3 Å². The number of hydrogen-bond donors (Lipinski definition) is 1. The average molecular weight is 311 g/mol. The maximum absolute atomic E-state index is 3.73. The summed E-state index contributed by atoms with van der Waals surface area (Å²) < 4.78 is 1.21. The van der Waals surface area contributed by atoms with Crippen LogP contribution in [0.25, 0.3) is 0 Å². The van der Waals surface area contributed by atoms with E-state index in [0.717, 1.165) is 12.5 Å². The van der Waals surface area contributed by atoms with Crippen LogP contribution in [0.15, 0.2) is 22.7 Å². The predicted octanol–water partition coefficient (Wildman–Crippen LogP) is 3.97. The van der Waals surface area contributed by atoms with Crippen molar-refractivity contribution in [3.63, 3.8) is 0 Å². The van der Waals surface area contributed by atoms with E-state index in [1.807, 2.05) is 7.05 Å². The number of benzene rings is 1. The van der Waals surface area contributed by atoms with Crippen LogP contribution < -0.4 is 10.2 Å². The van der Waals surface area contributed by atoms with Crippen LogP contribution in [0.5, 0.6) is 0 Å². The minimum absolute atomic E-state index is 0.397. The van der Waals surface area contributed by atoms with Crippen molar-refractivity contribution in [1.29, 1.82) is 0 Å². The molecule has 1 aliphatic carbocycles. The summed E-state index contributed by atoms with van der Waals surface area (Å²) in [5.41, 5.74) is 2.66. The largest absolute Gasteiger partial charge is 0.371 e. The molecular formula is C15H23BrN2. The van der Waals surface area contributed by atoms with Gasteiger partial charge in [-0.3, -0.25) is 0 Å². The second kappa shape index (κ2) is 6.07. The monoisotopic (exact) mass is 310 g/mol. The lowest BCUT2D eigenvalue weighted by molar-refractivity contribution is 0.651. The van der Waals surface area contributed by atoms with E-state index < -0.39 is 0 Å². The first-order valence-corrected chi connectivity index (χ1v) is 7.66. The SMILES string of the molecule is CCN(CC1CC1)c1ccc(C(C)NC)cc1Br. The predicted molar refractivity (Wildman–Crippen MR) is 82.2 cm³/mol. The minimum Gasteiger partial charge on any atom is -0.371 e. The van der Waals surface area contributed by atoms with Crippen LogP contribution in [0.4, 0.5) is 5.69 Å². The molecule has 0 radical (unpaired) electrons. The smallest absolute Gasteiger partial charge is 0.0510 e. The molecule has 0 bridgehead atoms. The molecule has 0 amide bonds. The summed E-state index contributed by atoms with van der Waals surface area (Å²) in [7, 11) is 2.00. The van der Waals surface area contributed by atoms with Gasteiger partial charge in [-0.15, -0.1) is 0 Å². The lowest BCUT2D eigenvalue weighted by Crippen LogP contribution is -2.25. The van der Waals surface area contributed by atoms with Crippen molar-refractivity contribution in [2.45, 2.75) is 32.7 Å². The van der Waals surface area contributed by atoms with Gasteiger partial charge in [-0.05, 0) is 73.3 Å². The molecule has 1 atom stereocenters. The lowest BCUT2D eigenvalue weighted by Gasteiger charge is -2.25. The highest BCUT2D eigenvalue weighted by Crippen LogP contribution is 2.34. The van der Waals surface area contributed by atoms with Gasteiger partial charge in [-0.25, -0.2) is 0 Å². The summed E-state index contributed by atoms with van der Waals surface area (Å²) in [4.78, 5) is 2.48. The fraction of sp³-hybridized carbons (Fsp3) is 0.600. The standard InChI is InChI=1S/C15H23BrN2/c1-4-18(10-12-5-6-12)15-8-7-13(9-14(15)16)11(2)17-3/h7-9,11-12,17H,4-6,10H2,1-3H3. The van der Waals surface area contributed by atoms with Crippen LogP contribution in [-0.2, 0) is 0 Å². The molecule has 2 rings (SSSR count). The molecule has 1 aromatic rings. The molecule has 1 aromatic carbocycles. The zero-order valence-corrected chi connectivity index (χ0v) is 13.1. The Bertz CT molecular complexity index is 401. The first kappa shape index (κ1) is 13.9. The first-order chi connectivity index (χ1) is 8.65. The molecule has 0 spiro atoms. The molecule has 2 nitrogen and oxygen atoms in total. The third kappa shape index (κ3) is 3.27. The molecule has 1 aliphatic rings. The highest BCUT2D eigenvalue weighted by Gasteiger charge is 2.24. The van der Waals surface area contributed by atoms with E-state index in [1.165, 1.54) is 35.1 Å². The molecular weight excluding hydrogens is 288 g/mol. The molecule has 1 unspecified atom stereocenters. The normalized spacial score (nSPS) is 16.7. The molecule has 3 heteroatoms. The summed E-state index contributed by atoms with van der Waals surface area (Å²) >= 11 is 3.73. The maximum atomic E-state index is 3.73. The summed E-state index contributed by atoms with van der Waals surface area (Å²) in [5, 5.41) is 3.28. The van der Waals surface area contributed by atoms with Crippen LogP contribution in [0.3, 0.4) is 0 Å². The third-order valence-electron chi connectivity index (χ3n) is 3.80. The number of rotatable bonds is 6. The second-order valence-corrected chi connectivity index (χ2v) is 6.06. The van der Waals surface area contributed by atoms with Gasteiger partial charge >= 0.3 is 0 Å². The second-order valence-electron chi connectivity index (χ2n) is 5.20. The number of hydrogen-bond acceptors (Lipinski definition) is 2. The number of halogens is 1. The van der Waals surface area contributed by atoms with Crippen molar-refractivity contribution in [1.82, 2.24) is 5.32 Å². The molecule has 18 heavy (non-hydrogen) atoms. The van der Waals surface area contributed by atoms with Crippen LogP contribution in [0.1, 0.15) is 38.3 Å². The number of nitrogens with zero attached hydrogens (tertiary/aromatic N) is 1. The van der Waals surface area contributed by atoms with Gasteiger partial charge in [-0.1, -0.05) is 6.07 Å². The van der Waals surface area contributed by atoms with Crippen LogP contribution in [-0.4, -0.2) is 20.1 Å². The highest BCUT2D eigenvalue weighted by molar-refractivity contribution is 9.10. The quantitative estimate of drug-likeness (QED) is 0.855. The van der Waals surface area contributed by atoms with Gasteiger partial charge in [0.05, 0.1) is 5.69 Å². The minimum atomic E-state index is 0.397. The van der Waals surface area contributed by atoms with E-state index in [1.54, 1.807) is 0 Å². The Labute approximate surface area is 119 Å². The van der Waals surface area contributed by atoms with Crippen LogP contribution in [0, 0.1) is 5.92 Å². The van der Waals surface area contributed by atoms with Crippen molar-refractivity contribution in [3.8, 4) is 0 Å². The van der Waals surface area contributed by atoms with Gasteiger partial charge < -0.3 is 10.2 Å². The molecule has 100 valence electrons. The van der Waals surface area contributed by atoms with E-state index in [-0.39, 0.29) is 0 Å². The van der Waals surface area contributed by atoms with E-state index in [9.17, 15) is 0 Å². The zero-order chi connectivity index (χ0) is 13.1. The molecule has 1 fully saturated rings. The van der Waals surface area contributed by atoms with Crippen LogP contribution >= 0.6 is 15.9 Å². The number of anilines is 1. The van der Waals surface area contributed by atoms with Gasteiger partial charge in [0.2, 0.25) is 0 Å². The van der Waals surface area contributed by atoms with E-state index >= 15 is 0 Å². The molecule has 0 aromatic heterocycles. The zero-order valence-electron chi connectivity index (χ0n) is 11.5. The van der Waals surface area contributed by atoms with Crippen molar-refractivity contribution < 1.29 is 0 Å². The average Bonchev–Trinajstić information content (AvgIpc) is 3.19. The summed E-state index contributed by atoms with van der Waals surface area (Å²) in [6, 6.07) is 7.12.